The van der Waals surface area contributed by atoms with Crippen molar-refractivity contribution in [2.45, 2.75) is 39.3 Å². The lowest BCUT2D eigenvalue weighted by Crippen LogP contribution is -2.29. The molecule has 4 heteroatoms. The molecule has 1 heterocycles. The second-order valence-corrected chi connectivity index (χ2v) is 5.82. The lowest BCUT2D eigenvalue weighted by atomic mass is 9.99. The van der Waals surface area contributed by atoms with Gasteiger partial charge in [0, 0.05) is 12.2 Å². The maximum absolute atomic E-state index is 11.9. The number of rotatable bonds is 3. The van der Waals surface area contributed by atoms with Gasteiger partial charge in [-0.3, -0.25) is 4.79 Å². The first-order valence-electron chi connectivity index (χ1n) is 6.71. The number of hydrogen-bond acceptors (Lipinski definition) is 3. The summed E-state index contributed by atoms with van der Waals surface area (Å²) >= 11 is 0. The fraction of sp³-hybridized carbons (Fsp3) is 0.533. The number of hydrogen-bond donors (Lipinski definition) is 2. The van der Waals surface area contributed by atoms with Crippen molar-refractivity contribution >= 4 is 11.6 Å². The third-order valence-corrected chi connectivity index (χ3v) is 3.05. The minimum Gasteiger partial charge on any atom is -0.366 e. The molecule has 2 N–H and O–H groups in total. The van der Waals surface area contributed by atoms with Gasteiger partial charge in [-0.15, -0.1) is 0 Å². The Morgan fingerprint density at radius 3 is 2.95 bits per heavy atom. The molecule has 0 saturated carbocycles. The Morgan fingerprint density at radius 2 is 2.21 bits per heavy atom. The summed E-state index contributed by atoms with van der Waals surface area (Å²) < 4.78 is 5.48. The normalized spacial score (nSPS) is 14.9. The molecule has 2 rings (SSSR count). The molecule has 0 aromatic heterocycles. The second kappa shape index (κ2) is 5.72. The van der Waals surface area contributed by atoms with Gasteiger partial charge in [0.05, 0.1) is 5.60 Å². The zero-order valence-corrected chi connectivity index (χ0v) is 11.9. The van der Waals surface area contributed by atoms with Crippen molar-refractivity contribution in [1.29, 1.82) is 0 Å². The largest absolute Gasteiger partial charge is 0.366 e. The summed E-state index contributed by atoms with van der Waals surface area (Å²) in [6.07, 6.45) is 0.950. The van der Waals surface area contributed by atoms with Gasteiger partial charge in [0.15, 0.2) is 0 Å². The van der Waals surface area contributed by atoms with Crippen LogP contribution in [-0.4, -0.2) is 24.7 Å². The molecule has 0 bridgehead atoms. The third-order valence-electron chi connectivity index (χ3n) is 3.05. The number of ether oxygens (including phenoxy) is 1. The van der Waals surface area contributed by atoms with Crippen molar-refractivity contribution in [2.75, 3.05) is 18.5 Å². The molecule has 0 radical (unpaired) electrons. The van der Waals surface area contributed by atoms with Gasteiger partial charge in [-0.05, 0) is 50.9 Å². The standard InChI is InChI=1S/C15H22N2O2/c1-15(2,3)19-10-14(18)17-13-6-4-5-11-9-16-8-7-12(11)13/h4-6,16H,7-10H2,1-3H3,(H,17,18). The molecule has 0 aliphatic carbocycles. The minimum absolute atomic E-state index is 0.0887. The quantitative estimate of drug-likeness (QED) is 0.877. The molecular weight excluding hydrogens is 240 g/mol. The average Bonchev–Trinajstić information content (AvgIpc) is 2.36. The number of benzene rings is 1. The minimum atomic E-state index is -0.294. The zero-order chi connectivity index (χ0) is 13.9. The van der Waals surface area contributed by atoms with Gasteiger partial charge in [0.2, 0.25) is 5.91 Å². The summed E-state index contributed by atoms with van der Waals surface area (Å²) in [6, 6.07) is 6.04. The number of fused-ring (bicyclic) bond motifs is 1. The smallest absolute Gasteiger partial charge is 0.250 e. The maximum Gasteiger partial charge on any atom is 0.250 e. The van der Waals surface area contributed by atoms with Gasteiger partial charge in [-0.1, -0.05) is 12.1 Å². The highest BCUT2D eigenvalue weighted by Gasteiger charge is 2.16. The van der Waals surface area contributed by atoms with E-state index in [1.165, 1.54) is 11.1 Å². The van der Waals surface area contributed by atoms with Crippen molar-refractivity contribution in [3.8, 4) is 0 Å². The van der Waals surface area contributed by atoms with Gasteiger partial charge >= 0.3 is 0 Å². The first kappa shape index (κ1) is 14.0. The van der Waals surface area contributed by atoms with E-state index in [9.17, 15) is 4.79 Å². The molecule has 1 aliphatic rings. The van der Waals surface area contributed by atoms with Crippen molar-refractivity contribution < 1.29 is 9.53 Å². The third kappa shape index (κ3) is 4.04. The summed E-state index contributed by atoms with van der Waals surface area (Å²) in [5.41, 5.74) is 3.13. The summed E-state index contributed by atoms with van der Waals surface area (Å²) in [6.45, 7) is 7.74. The molecule has 0 saturated heterocycles. The average molecular weight is 262 g/mol. The highest BCUT2D eigenvalue weighted by molar-refractivity contribution is 5.92. The van der Waals surface area contributed by atoms with Crippen LogP contribution in [0.25, 0.3) is 0 Å². The van der Waals surface area contributed by atoms with Crippen LogP contribution in [0.2, 0.25) is 0 Å². The molecule has 104 valence electrons. The van der Waals surface area contributed by atoms with Crippen LogP contribution in [-0.2, 0) is 22.5 Å². The topological polar surface area (TPSA) is 50.4 Å². The van der Waals surface area contributed by atoms with Gasteiger partial charge < -0.3 is 15.4 Å². The number of nitrogens with one attached hydrogen (secondary N) is 2. The molecule has 1 aliphatic heterocycles. The first-order valence-corrected chi connectivity index (χ1v) is 6.71. The van der Waals surface area contributed by atoms with Crippen LogP contribution in [0.4, 0.5) is 5.69 Å². The Labute approximate surface area is 114 Å². The molecule has 0 atom stereocenters. The monoisotopic (exact) mass is 262 g/mol. The van der Waals surface area contributed by atoms with E-state index in [0.29, 0.717) is 0 Å². The predicted molar refractivity (Wildman–Crippen MR) is 76.2 cm³/mol. The Balaban J connectivity index is 2.01. The van der Waals surface area contributed by atoms with Crippen molar-refractivity contribution in [2.24, 2.45) is 0 Å². The summed E-state index contributed by atoms with van der Waals surface area (Å²) in [5, 5.41) is 6.28. The fourth-order valence-electron chi connectivity index (χ4n) is 2.12. The van der Waals surface area contributed by atoms with E-state index in [2.05, 4.69) is 16.7 Å². The maximum atomic E-state index is 11.9. The lowest BCUT2D eigenvalue weighted by molar-refractivity contribution is -0.125. The van der Waals surface area contributed by atoms with E-state index in [4.69, 9.17) is 4.74 Å². The molecule has 19 heavy (non-hydrogen) atoms. The van der Waals surface area contributed by atoms with Gasteiger partial charge in [0.25, 0.3) is 0 Å². The molecular formula is C15H22N2O2. The van der Waals surface area contributed by atoms with E-state index in [1.54, 1.807) is 0 Å². The van der Waals surface area contributed by atoms with Gasteiger partial charge in [-0.25, -0.2) is 0 Å². The molecule has 0 fully saturated rings. The van der Waals surface area contributed by atoms with Crippen LogP contribution in [0.5, 0.6) is 0 Å². The molecule has 0 unspecified atom stereocenters. The Morgan fingerprint density at radius 1 is 1.42 bits per heavy atom. The van der Waals surface area contributed by atoms with Crippen LogP contribution in [0.1, 0.15) is 31.9 Å². The van der Waals surface area contributed by atoms with Crippen LogP contribution >= 0.6 is 0 Å². The SMILES string of the molecule is CC(C)(C)OCC(=O)Nc1cccc2c1CCNC2. The highest BCUT2D eigenvalue weighted by atomic mass is 16.5. The number of carbonyl (C=O) groups is 1. The molecule has 1 amide bonds. The van der Waals surface area contributed by atoms with Crippen LogP contribution in [0.3, 0.4) is 0 Å². The number of anilines is 1. The van der Waals surface area contributed by atoms with E-state index < -0.39 is 0 Å². The zero-order valence-electron chi connectivity index (χ0n) is 11.9. The fourth-order valence-corrected chi connectivity index (χ4v) is 2.12. The van der Waals surface area contributed by atoms with E-state index in [0.717, 1.165) is 25.2 Å². The van der Waals surface area contributed by atoms with Crippen LogP contribution in [0.15, 0.2) is 18.2 Å². The van der Waals surface area contributed by atoms with Gasteiger partial charge in [-0.2, -0.15) is 0 Å². The van der Waals surface area contributed by atoms with Crippen molar-refractivity contribution in [3.05, 3.63) is 29.3 Å². The number of carbonyl (C=O) groups excluding carboxylic acids is 1. The summed E-state index contributed by atoms with van der Waals surface area (Å²) in [5.74, 6) is -0.0955. The lowest BCUT2D eigenvalue weighted by Gasteiger charge is -2.22. The van der Waals surface area contributed by atoms with E-state index >= 15 is 0 Å². The van der Waals surface area contributed by atoms with Crippen molar-refractivity contribution in [1.82, 2.24) is 5.32 Å². The highest BCUT2D eigenvalue weighted by Crippen LogP contribution is 2.23. The summed E-state index contributed by atoms with van der Waals surface area (Å²) in [4.78, 5) is 11.9. The molecule has 4 nitrogen and oxygen atoms in total. The van der Waals surface area contributed by atoms with E-state index in [1.807, 2.05) is 32.9 Å². The van der Waals surface area contributed by atoms with Gasteiger partial charge in [0.1, 0.15) is 6.61 Å². The Kier molecular flexibility index (Phi) is 4.22. The predicted octanol–water partition coefficient (Wildman–Crippen LogP) is 2.09. The van der Waals surface area contributed by atoms with Crippen LogP contribution in [0, 0.1) is 0 Å². The van der Waals surface area contributed by atoms with Crippen molar-refractivity contribution in [3.63, 3.8) is 0 Å². The molecule has 0 spiro atoms. The summed E-state index contributed by atoms with van der Waals surface area (Å²) in [7, 11) is 0. The number of amides is 1. The Hall–Kier alpha value is -1.39. The van der Waals surface area contributed by atoms with Crippen LogP contribution < -0.4 is 10.6 Å². The molecule has 1 aromatic rings. The second-order valence-electron chi connectivity index (χ2n) is 5.82. The Bertz CT molecular complexity index is 464. The molecule has 1 aromatic carbocycles. The first-order chi connectivity index (χ1) is 8.96. The van der Waals surface area contributed by atoms with E-state index in [-0.39, 0.29) is 18.1 Å².